The van der Waals surface area contributed by atoms with Crippen molar-refractivity contribution in [3.05, 3.63) is 0 Å². The minimum atomic E-state index is -0.836. The standard InChI is InChI=1S/C13H26N2O2/c1-9(8-13(3,14-4)12(16)17)15(5)10(2)11-6-7-11/h9-11,14H,6-8H2,1-5H3,(H,16,17). The molecular formula is C13H26N2O2. The maximum Gasteiger partial charge on any atom is 0.323 e. The van der Waals surface area contributed by atoms with Crippen LogP contribution in [0.2, 0.25) is 0 Å². The predicted molar refractivity (Wildman–Crippen MR) is 69.1 cm³/mol. The van der Waals surface area contributed by atoms with Gasteiger partial charge in [-0.2, -0.15) is 0 Å². The van der Waals surface area contributed by atoms with Crippen molar-refractivity contribution in [2.45, 2.75) is 57.7 Å². The summed E-state index contributed by atoms with van der Waals surface area (Å²) in [5, 5.41) is 12.2. The van der Waals surface area contributed by atoms with Gasteiger partial charge < -0.3 is 15.3 Å². The molecule has 0 aromatic rings. The number of carbonyl (C=O) groups is 1. The fourth-order valence-corrected chi connectivity index (χ4v) is 2.34. The van der Waals surface area contributed by atoms with E-state index in [1.807, 2.05) is 0 Å². The molecule has 1 aliphatic carbocycles. The van der Waals surface area contributed by atoms with Crippen molar-refractivity contribution in [1.29, 1.82) is 0 Å². The van der Waals surface area contributed by atoms with E-state index in [-0.39, 0.29) is 6.04 Å². The molecule has 100 valence electrons. The number of nitrogens with zero attached hydrogens (tertiary/aromatic N) is 1. The second-order valence-corrected chi connectivity index (χ2v) is 5.68. The van der Waals surface area contributed by atoms with Gasteiger partial charge >= 0.3 is 5.97 Å². The van der Waals surface area contributed by atoms with Crippen molar-refractivity contribution in [3.8, 4) is 0 Å². The van der Waals surface area contributed by atoms with Crippen LogP contribution in [-0.4, -0.2) is 47.7 Å². The summed E-state index contributed by atoms with van der Waals surface area (Å²) in [6.45, 7) is 6.10. The first-order chi connectivity index (χ1) is 7.81. The SMILES string of the molecule is CNC(C)(CC(C)N(C)C(C)C1CC1)C(=O)O. The molecule has 0 aromatic heterocycles. The van der Waals surface area contributed by atoms with E-state index in [0.29, 0.717) is 12.5 Å². The molecule has 17 heavy (non-hydrogen) atoms. The zero-order chi connectivity index (χ0) is 13.2. The van der Waals surface area contributed by atoms with E-state index >= 15 is 0 Å². The van der Waals surface area contributed by atoms with Crippen LogP contribution in [0.1, 0.15) is 40.0 Å². The first kappa shape index (κ1) is 14.5. The lowest BCUT2D eigenvalue weighted by molar-refractivity contribution is -0.144. The molecule has 1 fully saturated rings. The topological polar surface area (TPSA) is 52.6 Å². The van der Waals surface area contributed by atoms with Crippen LogP contribution in [-0.2, 0) is 4.79 Å². The number of carboxylic acids is 1. The molecule has 0 saturated heterocycles. The van der Waals surface area contributed by atoms with Crippen LogP contribution in [0.5, 0.6) is 0 Å². The molecule has 3 unspecified atom stereocenters. The summed E-state index contributed by atoms with van der Waals surface area (Å²) in [6.07, 6.45) is 3.26. The van der Waals surface area contributed by atoms with Crippen molar-refractivity contribution in [2.24, 2.45) is 5.92 Å². The van der Waals surface area contributed by atoms with Gasteiger partial charge in [0.2, 0.25) is 0 Å². The molecule has 0 heterocycles. The van der Waals surface area contributed by atoms with Crippen LogP contribution in [0.25, 0.3) is 0 Å². The van der Waals surface area contributed by atoms with Crippen LogP contribution in [0.3, 0.4) is 0 Å². The van der Waals surface area contributed by atoms with E-state index in [1.54, 1.807) is 14.0 Å². The highest BCUT2D eigenvalue weighted by Crippen LogP contribution is 2.35. The van der Waals surface area contributed by atoms with Gasteiger partial charge in [-0.15, -0.1) is 0 Å². The number of rotatable bonds is 7. The van der Waals surface area contributed by atoms with Crippen molar-refractivity contribution < 1.29 is 9.90 Å². The van der Waals surface area contributed by atoms with E-state index in [4.69, 9.17) is 0 Å². The molecule has 1 aliphatic rings. The van der Waals surface area contributed by atoms with Crippen molar-refractivity contribution in [2.75, 3.05) is 14.1 Å². The molecule has 0 bridgehead atoms. The molecule has 3 atom stereocenters. The van der Waals surface area contributed by atoms with Gasteiger partial charge in [-0.3, -0.25) is 4.79 Å². The van der Waals surface area contributed by atoms with E-state index in [1.165, 1.54) is 12.8 Å². The minimum absolute atomic E-state index is 0.263. The highest BCUT2D eigenvalue weighted by atomic mass is 16.4. The Bertz CT molecular complexity index is 279. The fourth-order valence-electron chi connectivity index (χ4n) is 2.34. The normalized spacial score (nSPS) is 23.2. The number of carboxylic acid groups (broad SMARTS) is 1. The van der Waals surface area contributed by atoms with Gasteiger partial charge in [0.1, 0.15) is 5.54 Å². The Kier molecular flexibility index (Phi) is 4.55. The Morgan fingerprint density at radius 2 is 2.06 bits per heavy atom. The zero-order valence-corrected chi connectivity index (χ0v) is 11.7. The average Bonchev–Trinajstić information content (AvgIpc) is 3.10. The van der Waals surface area contributed by atoms with Gasteiger partial charge in [-0.1, -0.05) is 0 Å². The Morgan fingerprint density at radius 3 is 2.41 bits per heavy atom. The monoisotopic (exact) mass is 242 g/mol. The first-order valence-corrected chi connectivity index (χ1v) is 6.46. The number of nitrogens with one attached hydrogen (secondary N) is 1. The highest BCUT2D eigenvalue weighted by molar-refractivity contribution is 5.78. The van der Waals surface area contributed by atoms with Gasteiger partial charge in [0, 0.05) is 12.1 Å². The summed E-state index contributed by atoms with van der Waals surface area (Å²) in [4.78, 5) is 13.6. The van der Waals surface area contributed by atoms with E-state index in [2.05, 4.69) is 31.1 Å². The van der Waals surface area contributed by atoms with Gasteiger partial charge in [-0.05, 0) is 60.0 Å². The third-order valence-electron chi connectivity index (χ3n) is 4.37. The Balaban J connectivity index is 2.57. The summed E-state index contributed by atoms with van der Waals surface area (Å²) in [6, 6.07) is 0.819. The second kappa shape index (κ2) is 5.36. The molecule has 0 aromatic carbocycles. The Labute approximate surface area is 104 Å². The molecule has 4 nitrogen and oxygen atoms in total. The largest absolute Gasteiger partial charge is 0.480 e. The number of hydrogen-bond donors (Lipinski definition) is 2. The molecule has 1 rings (SSSR count). The van der Waals surface area contributed by atoms with Crippen LogP contribution < -0.4 is 5.32 Å². The summed E-state index contributed by atoms with van der Waals surface area (Å²) in [7, 11) is 3.82. The minimum Gasteiger partial charge on any atom is -0.480 e. The van der Waals surface area contributed by atoms with E-state index in [0.717, 1.165) is 5.92 Å². The summed E-state index contributed by atoms with van der Waals surface area (Å²) < 4.78 is 0. The molecule has 4 heteroatoms. The van der Waals surface area contributed by atoms with Gasteiger partial charge in [0.15, 0.2) is 0 Å². The fraction of sp³-hybridized carbons (Fsp3) is 0.923. The first-order valence-electron chi connectivity index (χ1n) is 6.46. The molecule has 0 spiro atoms. The van der Waals surface area contributed by atoms with Gasteiger partial charge in [-0.25, -0.2) is 0 Å². The lowest BCUT2D eigenvalue weighted by Crippen LogP contribution is -2.52. The third-order valence-corrected chi connectivity index (χ3v) is 4.37. The van der Waals surface area contributed by atoms with Gasteiger partial charge in [0.05, 0.1) is 0 Å². The maximum absolute atomic E-state index is 11.2. The number of aliphatic carboxylic acids is 1. The molecule has 2 N–H and O–H groups in total. The average molecular weight is 242 g/mol. The molecule has 0 radical (unpaired) electrons. The van der Waals surface area contributed by atoms with Crippen molar-refractivity contribution >= 4 is 5.97 Å². The summed E-state index contributed by atoms with van der Waals surface area (Å²) >= 11 is 0. The molecular weight excluding hydrogens is 216 g/mol. The van der Waals surface area contributed by atoms with Crippen LogP contribution in [0, 0.1) is 5.92 Å². The number of likely N-dealkylation sites (N-methyl/N-ethyl adjacent to an activating group) is 1. The Hall–Kier alpha value is -0.610. The lowest BCUT2D eigenvalue weighted by Gasteiger charge is -2.35. The van der Waals surface area contributed by atoms with E-state index < -0.39 is 11.5 Å². The number of hydrogen-bond acceptors (Lipinski definition) is 3. The van der Waals surface area contributed by atoms with Crippen LogP contribution >= 0.6 is 0 Å². The third kappa shape index (κ3) is 3.42. The smallest absolute Gasteiger partial charge is 0.323 e. The second-order valence-electron chi connectivity index (χ2n) is 5.68. The van der Waals surface area contributed by atoms with Crippen molar-refractivity contribution in [1.82, 2.24) is 10.2 Å². The summed E-state index contributed by atoms with van der Waals surface area (Å²) in [5.74, 6) is 0.0347. The summed E-state index contributed by atoms with van der Waals surface area (Å²) in [5.41, 5.74) is -0.836. The molecule has 0 amide bonds. The van der Waals surface area contributed by atoms with Gasteiger partial charge in [0.25, 0.3) is 0 Å². The van der Waals surface area contributed by atoms with Crippen LogP contribution in [0.15, 0.2) is 0 Å². The van der Waals surface area contributed by atoms with E-state index in [9.17, 15) is 9.90 Å². The maximum atomic E-state index is 11.2. The van der Waals surface area contributed by atoms with Crippen molar-refractivity contribution in [3.63, 3.8) is 0 Å². The lowest BCUT2D eigenvalue weighted by atomic mass is 9.92. The Morgan fingerprint density at radius 1 is 1.53 bits per heavy atom. The highest BCUT2D eigenvalue weighted by Gasteiger charge is 2.37. The molecule has 1 saturated carbocycles. The quantitative estimate of drug-likeness (QED) is 0.711. The van der Waals surface area contributed by atoms with Crippen LogP contribution in [0.4, 0.5) is 0 Å². The molecule has 0 aliphatic heterocycles. The predicted octanol–water partition coefficient (Wildman–Crippen LogP) is 1.56. The zero-order valence-electron chi connectivity index (χ0n) is 11.7.